The van der Waals surface area contributed by atoms with Crippen LogP contribution in [0.4, 0.5) is 0 Å². The van der Waals surface area contributed by atoms with Crippen LogP contribution in [-0.4, -0.2) is 22.2 Å². The van der Waals surface area contributed by atoms with Gasteiger partial charge in [-0.25, -0.2) is 4.79 Å². The van der Waals surface area contributed by atoms with Crippen LogP contribution >= 0.6 is 0 Å². The van der Waals surface area contributed by atoms with Gasteiger partial charge >= 0.3 is 11.9 Å². The fourth-order valence-corrected chi connectivity index (χ4v) is 0.258. The first-order valence-corrected chi connectivity index (χ1v) is 2.17. The molecule has 0 heterocycles. The van der Waals surface area contributed by atoms with Crippen LogP contribution in [0.3, 0.4) is 0 Å². The molecule has 0 aliphatic heterocycles. The van der Waals surface area contributed by atoms with E-state index in [0.717, 1.165) is 0 Å². The number of carboxylic acid groups (broad SMARTS) is 2. The summed E-state index contributed by atoms with van der Waals surface area (Å²) >= 11 is 0. The summed E-state index contributed by atoms with van der Waals surface area (Å²) in [6.07, 6.45) is -0.505. The van der Waals surface area contributed by atoms with Crippen LogP contribution < -0.4 is 0 Å². The van der Waals surface area contributed by atoms with E-state index in [-0.39, 0.29) is 26.0 Å². The van der Waals surface area contributed by atoms with E-state index in [0.29, 0.717) is 0 Å². The van der Waals surface area contributed by atoms with Gasteiger partial charge in [0.25, 0.3) is 0 Å². The molecule has 0 saturated carbocycles. The van der Waals surface area contributed by atoms with Gasteiger partial charge in [-0.1, -0.05) is 6.58 Å². The maximum Gasteiger partial charge on any atom is 0.331 e. The molecule has 0 saturated heterocycles. The van der Waals surface area contributed by atoms with E-state index in [1.165, 1.54) is 0 Å². The number of hydrogen-bond donors (Lipinski definition) is 2. The molecule has 0 fully saturated rings. The summed E-state index contributed by atoms with van der Waals surface area (Å²) in [7, 11) is 0. The monoisotopic (exact) mass is 236 g/mol. The number of aliphatic carboxylic acids is 2. The number of carboxylic acids is 2. The maximum atomic E-state index is 9.87. The molecule has 0 aliphatic rings. The Hall–Kier alpha value is -0.658. The van der Waals surface area contributed by atoms with E-state index in [9.17, 15) is 9.59 Å². The normalized spacial score (nSPS) is 7.60. The van der Waals surface area contributed by atoms with Gasteiger partial charge < -0.3 is 10.2 Å². The Labute approximate surface area is 71.2 Å². The Kier molecular flexibility index (Phi) is 6.21. The van der Waals surface area contributed by atoms with Gasteiger partial charge in [0.15, 0.2) is 0 Å². The van der Waals surface area contributed by atoms with E-state index in [1.54, 1.807) is 0 Å². The SMILES string of the molecule is C=C(CC(=O)O)C(=O)O.[Pd]. The first kappa shape index (κ1) is 12.1. The smallest absolute Gasteiger partial charge is 0.331 e. The van der Waals surface area contributed by atoms with Crippen molar-refractivity contribution in [2.75, 3.05) is 0 Å². The summed E-state index contributed by atoms with van der Waals surface area (Å²) in [5, 5.41) is 16.1. The summed E-state index contributed by atoms with van der Waals surface area (Å²) in [5.74, 6) is -2.44. The largest absolute Gasteiger partial charge is 0.481 e. The molecule has 0 aromatic heterocycles. The van der Waals surface area contributed by atoms with Gasteiger partial charge in [0, 0.05) is 26.0 Å². The van der Waals surface area contributed by atoms with Gasteiger partial charge in [0.1, 0.15) is 0 Å². The van der Waals surface area contributed by atoms with Gasteiger partial charge in [-0.15, -0.1) is 0 Å². The molecule has 0 spiro atoms. The number of carbonyl (C=O) groups is 2. The van der Waals surface area contributed by atoms with Gasteiger partial charge in [-0.3, -0.25) is 4.79 Å². The molecular weight excluding hydrogens is 230 g/mol. The van der Waals surface area contributed by atoms with Crippen molar-refractivity contribution in [3.8, 4) is 0 Å². The molecule has 0 aromatic carbocycles. The minimum Gasteiger partial charge on any atom is -0.481 e. The summed E-state index contributed by atoms with van der Waals surface area (Å²) in [4.78, 5) is 19.7. The first-order chi connectivity index (χ1) is 4.04. The zero-order valence-electron chi connectivity index (χ0n) is 4.94. The van der Waals surface area contributed by atoms with Gasteiger partial charge in [0.2, 0.25) is 0 Å². The Morgan fingerprint density at radius 1 is 1.30 bits per heavy atom. The van der Waals surface area contributed by atoms with Gasteiger partial charge in [0.05, 0.1) is 6.42 Å². The van der Waals surface area contributed by atoms with E-state index in [1.807, 2.05) is 0 Å². The van der Waals surface area contributed by atoms with Crippen LogP contribution in [0.5, 0.6) is 0 Å². The van der Waals surface area contributed by atoms with Crippen LogP contribution in [0.25, 0.3) is 0 Å². The average Bonchev–Trinajstić information content (AvgIpc) is 1.63. The molecule has 4 nitrogen and oxygen atoms in total. The predicted octanol–water partition coefficient (Wildman–Crippen LogP) is 0.0994. The number of hydrogen-bond acceptors (Lipinski definition) is 2. The van der Waals surface area contributed by atoms with Crippen molar-refractivity contribution in [3.05, 3.63) is 12.2 Å². The Balaban J connectivity index is 0. The van der Waals surface area contributed by atoms with Crippen LogP contribution in [0.15, 0.2) is 12.2 Å². The van der Waals surface area contributed by atoms with Crippen LogP contribution in [0.2, 0.25) is 0 Å². The third-order valence-corrected chi connectivity index (χ3v) is 0.667. The first-order valence-electron chi connectivity index (χ1n) is 2.17. The maximum absolute atomic E-state index is 9.87. The number of rotatable bonds is 3. The van der Waals surface area contributed by atoms with Crippen molar-refractivity contribution in [3.63, 3.8) is 0 Å². The minimum absolute atomic E-state index is 0. The molecule has 5 heteroatoms. The van der Waals surface area contributed by atoms with Gasteiger partial charge in [-0.2, -0.15) is 0 Å². The fourth-order valence-electron chi connectivity index (χ4n) is 0.258. The molecule has 0 aliphatic carbocycles. The third kappa shape index (κ3) is 5.48. The Morgan fingerprint density at radius 3 is 1.80 bits per heavy atom. The van der Waals surface area contributed by atoms with Crippen molar-refractivity contribution in [1.82, 2.24) is 0 Å². The fraction of sp³-hybridized carbons (Fsp3) is 0.200. The molecule has 2 N–H and O–H groups in total. The molecule has 0 aromatic rings. The summed E-state index contributed by atoms with van der Waals surface area (Å²) in [6, 6.07) is 0. The van der Waals surface area contributed by atoms with E-state index < -0.39 is 18.4 Å². The molecule has 0 bridgehead atoms. The molecule has 60 valence electrons. The summed E-state index contributed by atoms with van der Waals surface area (Å²) in [6.45, 7) is 3.01. The summed E-state index contributed by atoms with van der Waals surface area (Å²) in [5.41, 5.74) is -0.303. The van der Waals surface area contributed by atoms with Crippen LogP contribution in [0, 0.1) is 0 Å². The second-order valence-corrected chi connectivity index (χ2v) is 1.48. The molecule has 0 amide bonds. The molecule has 0 unspecified atom stereocenters. The molecule has 0 rings (SSSR count). The second kappa shape index (κ2) is 5.15. The van der Waals surface area contributed by atoms with Crippen LogP contribution in [-0.2, 0) is 30.0 Å². The zero-order chi connectivity index (χ0) is 7.44. The quantitative estimate of drug-likeness (QED) is 0.538. The summed E-state index contributed by atoms with van der Waals surface area (Å²) < 4.78 is 0. The van der Waals surface area contributed by atoms with E-state index >= 15 is 0 Å². The predicted molar refractivity (Wildman–Crippen MR) is 29.0 cm³/mol. The van der Waals surface area contributed by atoms with Crippen molar-refractivity contribution in [2.45, 2.75) is 6.42 Å². The van der Waals surface area contributed by atoms with E-state index in [4.69, 9.17) is 10.2 Å². The zero-order valence-corrected chi connectivity index (χ0v) is 6.50. The van der Waals surface area contributed by atoms with E-state index in [2.05, 4.69) is 6.58 Å². The third-order valence-electron chi connectivity index (χ3n) is 0.667. The van der Waals surface area contributed by atoms with Crippen molar-refractivity contribution >= 4 is 11.9 Å². The van der Waals surface area contributed by atoms with Crippen molar-refractivity contribution in [2.24, 2.45) is 0 Å². The molecular formula is C5H6O4Pd. The standard InChI is InChI=1S/C5H6O4.Pd/c1-3(5(8)9)2-4(6)7;/h1-2H2,(H,6,7)(H,8,9);. The average molecular weight is 237 g/mol. The Bertz CT molecular complexity index is 163. The molecule has 0 atom stereocenters. The van der Waals surface area contributed by atoms with Gasteiger partial charge in [-0.05, 0) is 0 Å². The van der Waals surface area contributed by atoms with Crippen LogP contribution in [0.1, 0.15) is 6.42 Å². The Morgan fingerprint density at radius 2 is 1.70 bits per heavy atom. The van der Waals surface area contributed by atoms with Crippen molar-refractivity contribution < 1.29 is 40.2 Å². The molecule has 0 radical (unpaired) electrons. The second-order valence-electron chi connectivity index (χ2n) is 1.48. The minimum atomic E-state index is -1.27. The molecule has 10 heavy (non-hydrogen) atoms. The topological polar surface area (TPSA) is 74.6 Å². The van der Waals surface area contributed by atoms with Crippen molar-refractivity contribution in [1.29, 1.82) is 0 Å².